The minimum atomic E-state index is 0. The van der Waals surface area contributed by atoms with Gasteiger partial charge in [0.1, 0.15) is 12.1 Å². The highest BCUT2D eigenvalue weighted by atomic mass is 127. The number of amides is 1. The van der Waals surface area contributed by atoms with E-state index in [9.17, 15) is 4.79 Å². The van der Waals surface area contributed by atoms with Crippen LogP contribution in [-0.4, -0.2) is 57.5 Å². The Morgan fingerprint density at radius 3 is 2.82 bits per heavy atom. The highest BCUT2D eigenvalue weighted by Gasteiger charge is 2.27. The lowest BCUT2D eigenvalue weighted by Gasteiger charge is -2.20. The topological polar surface area (TPSA) is 87.4 Å². The standard InChI is InChI=1S/C19H27N7O.HI/c1-14(2)18(27)25-8-6-16(12-25)24-19(20-3)23-11-15-4-5-17(22-10-15)26-9-7-21-13-26;/h4-5,7,9-10,13-14,16H,6,8,11-12H2,1-3H3,(H2,20,23,24);1H. The Balaban J connectivity index is 0.00000280. The van der Waals surface area contributed by atoms with Gasteiger partial charge in [-0.05, 0) is 18.1 Å². The van der Waals surface area contributed by atoms with Crippen molar-refractivity contribution in [2.45, 2.75) is 32.9 Å². The second kappa shape index (κ2) is 10.4. The third-order valence-electron chi connectivity index (χ3n) is 4.60. The maximum atomic E-state index is 12.1. The number of aliphatic imine (C=N–C) groups is 1. The lowest BCUT2D eigenvalue weighted by atomic mass is 10.2. The van der Waals surface area contributed by atoms with Crippen LogP contribution in [0.1, 0.15) is 25.8 Å². The molecule has 1 unspecified atom stereocenters. The van der Waals surface area contributed by atoms with Crippen molar-refractivity contribution in [3.63, 3.8) is 0 Å². The fourth-order valence-corrected chi connectivity index (χ4v) is 3.09. The van der Waals surface area contributed by atoms with E-state index in [0.29, 0.717) is 6.54 Å². The van der Waals surface area contributed by atoms with Crippen molar-refractivity contribution in [1.82, 2.24) is 30.1 Å². The summed E-state index contributed by atoms with van der Waals surface area (Å²) in [5.74, 6) is 1.82. The van der Waals surface area contributed by atoms with E-state index in [2.05, 4.69) is 25.6 Å². The Labute approximate surface area is 182 Å². The summed E-state index contributed by atoms with van der Waals surface area (Å²) in [5.41, 5.74) is 1.06. The Bertz CT molecular complexity index is 774. The first kappa shape index (κ1) is 22.1. The molecular weight excluding hydrogens is 469 g/mol. The van der Waals surface area contributed by atoms with Crippen LogP contribution in [0.5, 0.6) is 0 Å². The summed E-state index contributed by atoms with van der Waals surface area (Å²) in [6, 6.07) is 4.21. The number of likely N-dealkylation sites (tertiary alicyclic amines) is 1. The first-order valence-electron chi connectivity index (χ1n) is 9.26. The van der Waals surface area contributed by atoms with Crippen molar-refractivity contribution >= 4 is 35.8 Å². The number of guanidine groups is 1. The molecule has 3 rings (SSSR count). The van der Waals surface area contributed by atoms with E-state index in [0.717, 1.165) is 36.9 Å². The highest BCUT2D eigenvalue weighted by molar-refractivity contribution is 14.0. The normalized spacial score (nSPS) is 16.8. The van der Waals surface area contributed by atoms with Gasteiger partial charge in [0.25, 0.3) is 0 Å². The van der Waals surface area contributed by atoms with E-state index in [-0.39, 0.29) is 41.8 Å². The second-order valence-electron chi connectivity index (χ2n) is 6.99. The van der Waals surface area contributed by atoms with Crippen LogP contribution in [0.2, 0.25) is 0 Å². The quantitative estimate of drug-likeness (QED) is 0.374. The monoisotopic (exact) mass is 497 g/mol. The van der Waals surface area contributed by atoms with E-state index >= 15 is 0 Å². The molecule has 1 aliphatic rings. The van der Waals surface area contributed by atoms with E-state index in [1.165, 1.54) is 0 Å². The van der Waals surface area contributed by atoms with E-state index < -0.39 is 0 Å². The van der Waals surface area contributed by atoms with Crippen LogP contribution in [0.25, 0.3) is 5.82 Å². The molecule has 0 spiro atoms. The van der Waals surface area contributed by atoms with Crippen LogP contribution in [0, 0.1) is 5.92 Å². The SMILES string of the molecule is CN=C(NCc1ccc(-n2ccnc2)nc1)NC1CCN(C(=O)C(C)C)C1.I. The van der Waals surface area contributed by atoms with Crippen LogP contribution in [-0.2, 0) is 11.3 Å². The van der Waals surface area contributed by atoms with Crippen LogP contribution in [0.4, 0.5) is 0 Å². The van der Waals surface area contributed by atoms with Gasteiger partial charge in [-0.2, -0.15) is 0 Å². The summed E-state index contributed by atoms with van der Waals surface area (Å²) in [6.45, 7) is 6.02. The lowest BCUT2D eigenvalue weighted by molar-refractivity contribution is -0.133. The van der Waals surface area contributed by atoms with Gasteiger partial charge in [-0.25, -0.2) is 9.97 Å². The zero-order chi connectivity index (χ0) is 19.2. The number of aromatic nitrogens is 3. The molecule has 2 N–H and O–H groups in total. The third-order valence-corrected chi connectivity index (χ3v) is 4.60. The third kappa shape index (κ3) is 5.66. The van der Waals surface area contributed by atoms with Gasteiger partial charge in [0, 0.05) is 57.2 Å². The van der Waals surface area contributed by atoms with Gasteiger partial charge in [-0.15, -0.1) is 24.0 Å². The molecule has 0 aromatic carbocycles. The van der Waals surface area contributed by atoms with Gasteiger partial charge in [0.2, 0.25) is 5.91 Å². The number of carbonyl (C=O) groups is 1. The fourth-order valence-electron chi connectivity index (χ4n) is 3.09. The first-order valence-corrected chi connectivity index (χ1v) is 9.26. The van der Waals surface area contributed by atoms with Crippen LogP contribution in [0.15, 0.2) is 42.0 Å². The Morgan fingerprint density at radius 2 is 2.21 bits per heavy atom. The maximum Gasteiger partial charge on any atom is 0.225 e. The van der Waals surface area contributed by atoms with Crippen molar-refractivity contribution < 1.29 is 4.79 Å². The van der Waals surface area contributed by atoms with Gasteiger partial charge >= 0.3 is 0 Å². The van der Waals surface area contributed by atoms with Crippen LogP contribution >= 0.6 is 24.0 Å². The van der Waals surface area contributed by atoms with Gasteiger partial charge in [-0.3, -0.25) is 14.4 Å². The fraction of sp³-hybridized carbons (Fsp3) is 0.474. The molecule has 2 aromatic heterocycles. The van der Waals surface area contributed by atoms with Gasteiger partial charge in [-0.1, -0.05) is 19.9 Å². The van der Waals surface area contributed by atoms with Crippen molar-refractivity contribution in [2.75, 3.05) is 20.1 Å². The molecule has 152 valence electrons. The summed E-state index contributed by atoms with van der Waals surface area (Å²) in [6.07, 6.45) is 8.09. The molecule has 0 saturated carbocycles. The Kier molecular flexibility index (Phi) is 8.21. The molecule has 28 heavy (non-hydrogen) atoms. The number of hydrogen-bond acceptors (Lipinski definition) is 4. The molecule has 2 aromatic rings. The average Bonchev–Trinajstić information content (AvgIpc) is 3.37. The molecule has 0 radical (unpaired) electrons. The van der Waals surface area contributed by atoms with E-state index in [1.54, 1.807) is 19.6 Å². The Morgan fingerprint density at radius 1 is 1.39 bits per heavy atom. The molecule has 9 heteroatoms. The summed E-state index contributed by atoms with van der Waals surface area (Å²) < 4.78 is 1.86. The van der Waals surface area contributed by atoms with Crippen molar-refractivity contribution in [3.8, 4) is 5.82 Å². The molecule has 1 saturated heterocycles. The highest BCUT2D eigenvalue weighted by Crippen LogP contribution is 2.12. The molecule has 0 aliphatic carbocycles. The van der Waals surface area contributed by atoms with Crippen molar-refractivity contribution in [1.29, 1.82) is 0 Å². The van der Waals surface area contributed by atoms with E-state index in [1.807, 2.05) is 47.8 Å². The molecule has 1 atom stereocenters. The average molecular weight is 497 g/mol. The first-order chi connectivity index (χ1) is 13.1. The number of rotatable bonds is 5. The van der Waals surface area contributed by atoms with Gasteiger partial charge in [0.15, 0.2) is 5.96 Å². The molecule has 1 aliphatic heterocycles. The van der Waals surface area contributed by atoms with Crippen LogP contribution in [0.3, 0.4) is 0 Å². The number of halogens is 1. The predicted octanol–water partition coefficient (Wildman–Crippen LogP) is 1.81. The molecule has 1 amide bonds. The van der Waals surface area contributed by atoms with Gasteiger partial charge < -0.3 is 15.5 Å². The van der Waals surface area contributed by atoms with E-state index in [4.69, 9.17) is 0 Å². The maximum absolute atomic E-state index is 12.1. The Hall–Kier alpha value is -2.17. The second-order valence-corrected chi connectivity index (χ2v) is 6.99. The lowest BCUT2D eigenvalue weighted by Crippen LogP contribution is -2.45. The number of nitrogens with one attached hydrogen (secondary N) is 2. The van der Waals surface area contributed by atoms with Gasteiger partial charge in [0.05, 0.1) is 0 Å². The zero-order valence-corrected chi connectivity index (χ0v) is 18.8. The number of hydrogen-bond donors (Lipinski definition) is 2. The minimum absolute atomic E-state index is 0. The molecule has 8 nitrogen and oxygen atoms in total. The number of pyridine rings is 1. The number of carbonyl (C=O) groups excluding carboxylic acids is 1. The number of nitrogens with zero attached hydrogens (tertiary/aromatic N) is 5. The van der Waals surface area contributed by atoms with Crippen molar-refractivity contribution in [2.24, 2.45) is 10.9 Å². The smallest absolute Gasteiger partial charge is 0.225 e. The molecule has 0 bridgehead atoms. The van der Waals surface area contributed by atoms with Crippen LogP contribution < -0.4 is 10.6 Å². The predicted molar refractivity (Wildman–Crippen MR) is 120 cm³/mol. The van der Waals surface area contributed by atoms with Crippen molar-refractivity contribution in [3.05, 3.63) is 42.6 Å². The number of imidazole rings is 1. The minimum Gasteiger partial charge on any atom is -0.352 e. The zero-order valence-electron chi connectivity index (χ0n) is 16.5. The largest absolute Gasteiger partial charge is 0.352 e. The molecule has 3 heterocycles. The summed E-state index contributed by atoms with van der Waals surface area (Å²) >= 11 is 0. The summed E-state index contributed by atoms with van der Waals surface area (Å²) in [7, 11) is 1.75. The summed E-state index contributed by atoms with van der Waals surface area (Å²) in [4.78, 5) is 26.8. The molecule has 1 fully saturated rings. The molecular formula is C19H28IN7O. The summed E-state index contributed by atoms with van der Waals surface area (Å²) in [5, 5.41) is 6.72.